The van der Waals surface area contributed by atoms with Gasteiger partial charge in [-0.1, -0.05) is 6.92 Å². The van der Waals surface area contributed by atoms with Gasteiger partial charge in [-0.2, -0.15) is 0 Å². The third kappa shape index (κ3) is 4.07. The molecule has 1 fully saturated rings. The Balaban J connectivity index is 1.85. The number of nitrogens with one attached hydrogen (secondary N) is 1. The zero-order valence-electron chi connectivity index (χ0n) is 11.3. The van der Waals surface area contributed by atoms with E-state index in [1.165, 1.54) is 24.8 Å². The molecule has 0 radical (unpaired) electrons. The molecule has 0 aromatic carbocycles. The number of aromatic nitrogens is 1. The Morgan fingerprint density at radius 2 is 2.06 bits per heavy atom. The molecule has 0 spiro atoms. The van der Waals surface area contributed by atoms with E-state index in [9.17, 15) is 0 Å². The molecule has 1 atom stereocenters. The van der Waals surface area contributed by atoms with E-state index in [2.05, 4.69) is 29.4 Å². The van der Waals surface area contributed by atoms with Crippen LogP contribution in [-0.2, 0) is 11.2 Å². The summed E-state index contributed by atoms with van der Waals surface area (Å²) >= 11 is 0. The summed E-state index contributed by atoms with van der Waals surface area (Å²) in [7, 11) is 0. The minimum atomic E-state index is 0.632. The summed E-state index contributed by atoms with van der Waals surface area (Å²) in [6.07, 6.45) is 8.51. The molecule has 1 aromatic rings. The largest absolute Gasteiger partial charge is 0.381 e. The molecule has 0 aliphatic carbocycles. The fourth-order valence-corrected chi connectivity index (χ4v) is 2.76. The van der Waals surface area contributed by atoms with Crippen molar-refractivity contribution in [2.75, 3.05) is 19.8 Å². The Morgan fingerprint density at radius 1 is 1.33 bits per heavy atom. The SMILES string of the molecule is CCNC(CCc1ccncc1)C1CCOCC1. The quantitative estimate of drug-likeness (QED) is 0.839. The van der Waals surface area contributed by atoms with Crippen molar-refractivity contribution < 1.29 is 4.74 Å². The lowest BCUT2D eigenvalue weighted by Crippen LogP contribution is -2.39. The second kappa shape index (κ2) is 7.49. The maximum Gasteiger partial charge on any atom is 0.0469 e. The molecule has 1 N–H and O–H groups in total. The molecule has 3 nitrogen and oxygen atoms in total. The van der Waals surface area contributed by atoms with Gasteiger partial charge in [0.2, 0.25) is 0 Å². The van der Waals surface area contributed by atoms with Crippen molar-refractivity contribution >= 4 is 0 Å². The van der Waals surface area contributed by atoms with Crippen LogP contribution in [0.1, 0.15) is 31.7 Å². The summed E-state index contributed by atoms with van der Waals surface area (Å²) in [6, 6.07) is 4.87. The normalized spacial score (nSPS) is 18.7. The molecule has 1 aliphatic rings. The predicted octanol–water partition coefficient (Wildman–Crippen LogP) is 2.42. The molecule has 0 amide bonds. The molecule has 18 heavy (non-hydrogen) atoms. The van der Waals surface area contributed by atoms with E-state index in [1.54, 1.807) is 0 Å². The second-order valence-corrected chi connectivity index (χ2v) is 5.01. The van der Waals surface area contributed by atoms with Crippen molar-refractivity contribution in [2.24, 2.45) is 5.92 Å². The van der Waals surface area contributed by atoms with Crippen molar-refractivity contribution in [3.8, 4) is 0 Å². The van der Waals surface area contributed by atoms with Crippen molar-refractivity contribution in [3.05, 3.63) is 30.1 Å². The Labute approximate surface area is 110 Å². The van der Waals surface area contributed by atoms with E-state index < -0.39 is 0 Å². The molecule has 1 aliphatic heterocycles. The van der Waals surface area contributed by atoms with Crippen molar-refractivity contribution in [1.82, 2.24) is 10.3 Å². The number of ether oxygens (including phenoxy) is 1. The zero-order valence-corrected chi connectivity index (χ0v) is 11.3. The van der Waals surface area contributed by atoms with Crippen molar-refractivity contribution in [1.29, 1.82) is 0 Å². The molecule has 0 bridgehead atoms. The average molecular weight is 248 g/mol. The molecular weight excluding hydrogens is 224 g/mol. The molecule has 2 rings (SSSR count). The van der Waals surface area contributed by atoms with Gasteiger partial charge in [0, 0.05) is 31.6 Å². The first-order chi connectivity index (χ1) is 8.90. The van der Waals surface area contributed by atoms with Crippen LogP contribution in [0.3, 0.4) is 0 Å². The third-order valence-electron chi connectivity index (χ3n) is 3.79. The summed E-state index contributed by atoms with van der Waals surface area (Å²) in [5.74, 6) is 0.778. The fraction of sp³-hybridized carbons (Fsp3) is 0.667. The number of nitrogens with zero attached hydrogens (tertiary/aromatic N) is 1. The van der Waals surface area contributed by atoms with Gasteiger partial charge < -0.3 is 10.1 Å². The molecular formula is C15H24N2O. The predicted molar refractivity (Wildman–Crippen MR) is 73.6 cm³/mol. The highest BCUT2D eigenvalue weighted by molar-refractivity contribution is 5.10. The lowest BCUT2D eigenvalue weighted by atomic mass is 9.88. The highest BCUT2D eigenvalue weighted by Crippen LogP contribution is 2.22. The molecule has 100 valence electrons. The third-order valence-corrected chi connectivity index (χ3v) is 3.79. The fourth-order valence-electron chi connectivity index (χ4n) is 2.76. The molecule has 3 heteroatoms. The van der Waals surface area contributed by atoms with E-state index in [1.807, 2.05) is 12.4 Å². The van der Waals surface area contributed by atoms with Crippen LogP contribution in [-0.4, -0.2) is 30.8 Å². The van der Waals surface area contributed by atoms with E-state index in [-0.39, 0.29) is 0 Å². The number of pyridine rings is 1. The summed E-state index contributed by atoms with van der Waals surface area (Å²) in [6.45, 7) is 5.11. The smallest absolute Gasteiger partial charge is 0.0469 e. The Bertz CT molecular complexity index is 323. The maximum absolute atomic E-state index is 5.45. The monoisotopic (exact) mass is 248 g/mol. The van der Waals surface area contributed by atoms with Crippen LogP contribution < -0.4 is 5.32 Å². The number of hydrogen-bond acceptors (Lipinski definition) is 3. The summed E-state index contributed by atoms with van der Waals surface area (Å²) < 4.78 is 5.45. The molecule has 1 unspecified atom stereocenters. The first kappa shape index (κ1) is 13.5. The van der Waals surface area contributed by atoms with Gasteiger partial charge in [-0.25, -0.2) is 0 Å². The standard InChI is InChI=1S/C15H24N2O/c1-2-17-15(14-7-11-18-12-8-14)4-3-13-5-9-16-10-6-13/h5-6,9-10,14-15,17H,2-4,7-8,11-12H2,1H3. The van der Waals surface area contributed by atoms with Crippen molar-refractivity contribution in [3.63, 3.8) is 0 Å². The van der Waals surface area contributed by atoms with Gasteiger partial charge in [0.1, 0.15) is 0 Å². The van der Waals surface area contributed by atoms with Crippen LogP contribution in [0.5, 0.6) is 0 Å². The Morgan fingerprint density at radius 3 is 2.72 bits per heavy atom. The van der Waals surface area contributed by atoms with Gasteiger partial charge in [-0.05, 0) is 55.8 Å². The van der Waals surface area contributed by atoms with Gasteiger partial charge in [-0.15, -0.1) is 0 Å². The lowest BCUT2D eigenvalue weighted by molar-refractivity contribution is 0.0528. The molecule has 2 heterocycles. The summed E-state index contributed by atoms with van der Waals surface area (Å²) in [4.78, 5) is 4.07. The number of rotatable bonds is 6. The van der Waals surface area contributed by atoms with Crippen LogP contribution in [0, 0.1) is 5.92 Å². The Hall–Kier alpha value is -0.930. The number of hydrogen-bond donors (Lipinski definition) is 1. The molecule has 1 aromatic heterocycles. The lowest BCUT2D eigenvalue weighted by Gasteiger charge is -2.31. The second-order valence-electron chi connectivity index (χ2n) is 5.01. The first-order valence-electron chi connectivity index (χ1n) is 7.10. The molecule has 0 saturated carbocycles. The van der Waals surface area contributed by atoms with E-state index in [0.717, 1.165) is 32.1 Å². The topological polar surface area (TPSA) is 34.2 Å². The maximum atomic E-state index is 5.45. The highest BCUT2D eigenvalue weighted by atomic mass is 16.5. The van der Waals surface area contributed by atoms with Crippen LogP contribution in [0.4, 0.5) is 0 Å². The highest BCUT2D eigenvalue weighted by Gasteiger charge is 2.22. The number of aryl methyl sites for hydroxylation is 1. The van der Waals surface area contributed by atoms with Crippen LogP contribution in [0.15, 0.2) is 24.5 Å². The Kier molecular flexibility index (Phi) is 5.62. The average Bonchev–Trinajstić information content (AvgIpc) is 2.45. The van der Waals surface area contributed by atoms with Crippen LogP contribution >= 0.6 is 0 Å². The van der Waals surface area contributed by atoms with Gasteiger partial charge in [-0.3, -0.25) is 4.98 Å². The van der Waals surface area contributed by atoms with E-state index in [4.69, 9.17) is 4.74 Å². The van der Waals surface area contributed by atoms with Crippen LogP contribution in [0.25, 0.3) is 0 Å². The summed E-state index contributed by atoms with van der Waals surface area (Å²) in [5.41, 5.74) is 1.39. The van der Waals surface area contributed by atoms with Gasteiger partial charge in [0.25, 0.3) is 0 Å². The van der Waals surface area contributed by atoms with Crippen molar-refractivity contribution in [2.45, 2.75) is 38.6 Å². The zero-order chi connectivity index (χ0) is 12.6. The minimum Gasteiger partial charge on any atom is -0.381 e. The van der Waals surface area contributed by atoms with Gasteiger partial charge >= 0.3 is 0 Å². The van der Waals surface area contributed by atoms with Gasteiger partial charge in [0.15, 0.2) is 0 Å². The minimum absolute atomic E-state index is 0.632. The first-order valence-corrected chi connectivity index (χ1v) is 7.10. The molecule has 1 saturated heterocycles. The van der Waals surface area contributed by atoms with Crippen LogP contribution in [0.2, 0.25) is 0 Å². The van der Waals surface area contributed by atoms with E-state index >= 15 is 0 Å². The van der Waals surface area contributed by atoms with E-state index in [0.29, 0.717) is 6.04 Å². The van der Waals surface area contributed by atoms with Gasteiger partial charge in [0.05, 0.1) is 0 Å². The summed E-state index contributed by atoms with van der Waals surface area (Å²) in [5, 5.41) is 3.65.